The van der Waals surface area contributed by atoms with Crippen LogP contribution >= 0.6 is 0 Å². The van der Waals surface area contributed by atoms with Crippen LogP contribution in [0.1, 0.15) is 29.8 Å². The second kappa shape index (κ2) is 3.37. The Labute approximate surface area is 66.2 Å². The average Bonchev–Trinajstić information content (AvgIpc) is 2.34. The number of hydrogen-bond donors (Lipinski definition) is 0. The zero-order chi connectivity index (χ0) is 8.27. The molecule has 60 valence electrons. The lowest BCUT2D eigenvalue weighted by Crippen LogP contribution is -1.94. The van der Waals surface area contributed by atoms with E-state index in [4.69, 9.17) is 4.42 Å². The van der Waals surface area contributed by atoms with E-state index >= 15 is 0 Å². The lowest BCUT2D eigenvalue weighted by Gasteiger charge is -2.00. The monoisotopic (exact) mass is 152 g/mol. The van der Waals surface area contributed by atoms with Gasteiger partial charge >= 0.3 is 0 Å². The summed E-state index contributed by atoms with van der Waals surface area (Å²) >= 11 is 0. The highest BCUT2D eigenvalue weighted by Crippen LogP contribution is 2.12. The Morgan fingerprint density at radius 1 is 1.55 bits per heavy atom. The first kappa shape index (κ1) is 8.05. The largest absolute Gasteiger partial charge is 0.472 e. The van der Waals surface area contributed by atoms with Gasteiger partial charge in [-0.05, 0) is 12.3 Å². The molecule has 2 nitrogen and oxygen atoms in total. The first-order valence-electron chi connectivity index (χ1n) is 3.74. The van der Waals surface area contributed by atoms with E-state index in [0.29, 0.717) is 11.5 Å². The van der Waals surface area contributed by atoms with Crippen LogP contribution in [0.5, 0.6) is 0 Å². The van der Waals surface area contributed by atoms with Crippen molar-refractivity contribution in [2.24, 2.45) is 5.92 Å². The Hall–Kier alpha value is -1.05. The summed E-state index contributed by atoms with van der Waals surface area (Å²) in [4.78, 5) is 10.4. The average molecular weight is 152 g/mol. The van der Waals surface area contributed by atoms with Crippen molar-refractivity contribution < 1.29 is 9.21 Å². The fourth-order valence-electron chi connectivity index (χ4n) is 1.04. The van der Waals surface area contributed by atoms with E-state index in [1.54, 1.807) is 6.26 Å². The predicted molar refractivity (Wildman–Crippen MR) is 42.6 cm³/mol. The van der Waals surface area contributed by atoms with Crippen molar-refractivity contribution in [3.63, 3.8) is 0 Å². The van der Waals surface area contributed by atoms with Gasteiger partial charge < -0.3 is 4.42 Å². The number of hydrogen-bond acceptors (Lipinski definition) is 2. The second-order valence-electron chi connectivity index (χ2n) is 3.07. The molecule has 0 spiro atoms. The van der Waals surface area contributed by atoms with Crippen LogP contribution in [0.2, 0.25) is 0 Å². The summed E-state index contributed by atoms with van der Waals surface area (Å²) in [5.41, 5.74) is 1.69. The fraction of sp³-hybridized carbons (Fsp3) is 0.444. The molecule has 0 saturated heterocycles. The summed E-state index contributed by atoms with van der Waals surface area (Å²) < 4.78 is 4.91. The Kier molecular flexibility index (Phi) is 2.47. The van der Waals surface area contributed by atoms with Crippen molar-refractivity contribution in [1.29, 1.82) is 0 Å². The lowest BCUT2D eigenvalue weighted by atomic mass is 10.0. The van der Waals surface area contributed by atoms with Crippen molar-refractivity contribution in [1.82, 2.24) is 0 Å². The molecule has 0 aliphatic heterocycles. The molecule has 1 heterocycles. The SMILES string of the molecule is CC(C)Cc1cocc1C=O. The number of carbonyl (C=O) groups is 1. The van der Waals surface area contributed by atoms with Gasteiger partial charge in [-0.15, -0.1) is 0 Å². The maximum Gasteiger partial charge on any atom is 0.153 e. The molecule has 0 aromatic carbocycles. The van der Waals surface area contributed by atoms with Crippen molar-refractivity contribution in [2.45, 2.75) is 20.3 Å². The van der Waals surface area contributed by atoms with Gasteiger partial charge in [0.15, 0.2) is 6.29 Å². The van der Waals surface area contributed by atoms with Crippen molar-refractivity contribution in [3.05, 3.63) is 23.7 Å². The molecule has 1 aromatic heterocycles. The maximum absolute atomic E-state index is 10.4. The predicted octanol–water partition coefficient (Wildman–Crippen LogP) is 2.29. The van der Waals surface area contributed by atoms with Crippen molar-refractivity contribution >= 4 is 6.29 Å². The number of aldehydes is 1. The second-order valence-corrected chi connectivity index (χ2v) is 3.07. The Morgan fingerprint density at radius 3 is 2.82 bits per heavy atom. The van der Waals surface area contributed by atoms with Crippen LogP contribution < -0.4 is 0 Å². The summed E-state index contributed by atoms with van der Waals surface area (Å²) in [6, 6.07) is 0. The van der Waals surface area contributed by atoms with E-state index in [1.807, 2.05) is 0 Å². The molecule has 1 rings (SSSR count). The van der Waals surface area contributed by atoms with Crippen LogP contribution in [-0.2, 0) is 6.42 Å². The molecule has 0 bridgehead atoms. The minimum absolute atomic E-state index is 0.561. The van der Waals surface area contributed by atoms with Crippen LogP contribution in [0.3, 0.4) is 0 Å². The van der Waals surface area contributed by atoms with E-state index < -0.39 is 0 Å². The van der Waals surface area contributed by atoms with Crippen LogP contribution in [0.15, 0.2) is 16.9 Å². The highest BCUT2D eigenvalue weighted by atomic mass is 16.3. The number of furan rings is 1. The van der Waals surface area contributed by atoms with E-state index in [-0.39, 0.29) is 0 Å². The molecule has 0 aliphatic carbocycles. The van der Waals surface area contributed by atoms with Gasteiger partial charge in [-0.25, -0.2) is 0 Å². The first-order valence-corrected chi connectivity index (χ1v) is 3.74. The molecule has 0 saturated carbocycles. The fourth-order valence-corrected chi connectivity index (χ4v) is 1.04. The third-order valence-electron chi connectivity index (χ3n) is 1.53. The summed E-state index contributed by atoms with van der Waals surface area (Å²) in [5.74, 6) is 0.561. The van der Waals surface area contributed by atoms with Gasteiger partial charge in [0.1, 0.15) is 6.26 Å². The van der Waals surface area contributed by atoms with Crippen LogP contribution in [0.4, 0.5) is 0 Å². The Morgan fingerprint density at radius 2 is 2.27 bits per heavy atom. The normalized spacial score (nSPS) is 10.5. The molecule has 0 radical (unpaired) electrons. The van der Waals surface area contributed by atoms with E-state index in [0.717, 1.165) is 18.3 Å². The molecule has 11 heavy (non-hydrogen) atoms. The topological polar surface area (TPSA) is 30.2 Å². The van der Waals surface area contributed by atoms with Gasteiger partial charge in [0, 0.05) is 5.56 Å². The van der Waals surface area contributed by atoms with Gasteiger partial charge in [-0.3, -0.25) is 4.79 Å². The lowest BCUT2D eigenvalue weighted by molar-refractivity contribution is 0.112. The van der Waals surface area contributed by atoms with Crippen LogP contribution in [-0.4, -0.2) is 6.29 Å². The molecule has 0 amide bonds. The minimum Gasteiger partial charge on any atom is -0.472 e. The molecular formula is C9H12O2. The van der Waals surface area contributed by atoms with Gasteiger partial charge in [0.05, 0.1) is 11.8 Å². The number of carbonyl (C=O) groups excluding carboxylic acids is 1. The molecule has 0 unspecified atom stereocenters. The van der Waals surface area contributed by atoms with E-state index in [9.17, 15) is 4.79 Å². The smallest absolute Gasteiger partial charge is 0.153 e. The molecular weight excluding hydrogens is 140 g/mol. The molecule has 0 N–H and O–H groups in total. The van der Waals surface area contributed by atoms with E-state index in [2.05, 4.69) is 13.8 Å². The Balaban J connectivity index is 2.76. The number of rotatable bonds is 3. The van der Waals surface area contributed by atoms with Gasteiger partial charge in [0.25, 0.3) is 0 Å². The van der Waals surface area contributed by atoms with Gasteiger partial charge in [-0.1, -0.05) is 13.8 Å². The molecule has 1 aromatic rings. The van der Waals surface area contributed by atoms with Gasteiger partial charge in [0.2, 0.25) is 0 Å². The molecule has 0 atom stereocenters. The van der Waals surface area contributed by atoms with Gasteiger partial charge in [-0.2, -0.15) is 0 Å². The highest BCUT2D eigenvalue weighted by Gasteiger charge is 2.05. The summed E-state index contributed by atoms with van der Waals surface area (Å²) in [5, 5.41) is 0. The third kappa shape index (κ3) is 1.93. The zero-order valence-corrected chi connectivity index (χ0v) is 6.83. The first-order chi connectivity index (χ1) is 5.24. The Bertz CT molecular complexity index is 235. The maximum atomic E-state index is 10.4. The van der Waals surface area contributed by atoms with Crippen molar-refractivity contribution in [3.8, 4) is 0 Å². The standard InChI is InChI=1S/C9H12O2/c1-7(2)3-8-5-11-6-9(8)4-10/h4-7H,3H2,1-2H3. The quantitative estimate of drug-likeness (QED) is 0.622. The zero-order valence-electron chi connectivity index (χ0n) is 6.83. The summed E-state index contributed by atoms with van der Waals surface area (Å²) in [6.45, 7) is 4.23. The molecule has 0 fully saturated rings. The molecule has 2 heteroatoms. The van der Waals surface area contributed by atoms with Crippen molar-refractivity contribution in [2.75, 3.05) is 0 Å². The molecule has 0 aliphatic rings. The summed E-state index contributed by atoms with van der Waals surface area (Å²) in [6.07, 6.45) is 4.88. The van der Waals surface area contributed by atoms with Crippen LogP contribution in [0.25, 0.3) is 0 Å². The summed E-state index contributed by atoms with van der Waals surface area (Å²) in [7, 11) is 0. The highest BCUT2D eigenvalue weighted by molar-refractivity contribution is 5.76. The minimum atomic E-state index is 0.561. The van der Waals surface area contributed by atoms with Crippen LogP contribution in [0, 0.1) is 5.92 Å². The van der Waals surface area contributed by atoms with E-state index in [1.165, 1.54) is 6.26 Å². The third-order valence-corrected chi connectivity index (χ3v) is 1.53.